The van der Waals surface area contributed by atoms with Gasteiger partial charge in [0.05, 0.1) is 27.9 Å². The number of hydrogen-bond acceptors (Lipinski definition) is 9. The quantitative estimate of drug-likeness (QED) is 0.183. The number of anilines is 2. The second-order valence-electron chi connectivity index (χ2n) is 17.2. The van der Waals surface area contributed by atoms with Gasteiger partial charge in [-0.05, 0) is 116 Å². The molecule has 1 atom stereocenters. The molecule has 1 N–H and O–H groups in total. The SMILES string of the molecule is CC1(C)c2ccc(N3CCN(Cc4cnc(N5CCC(c6cc(F)c(C7CCC(=O)NC7=O)c(F)c6)CC5)nc4)C(C)(C)C3)cc2-n2c1nc(=O)c1c(Br)cccc12. The molecule has 14 heteroatoms. The van der Waals surface area contributed by atoms with Crippen LogP contribution in [0.1, 0.15) is 93.3 Å². The molecule has 3 fully saturated rings. The summed E-state index contributed by atoms with van der Waals surface area (Å²) in [5.41, 5.74) is 4.71. The largest absolute Gasteiger partial charge is 0.368 e. The first-order chi connectivity index (χ1) is 27.7. The summed E-state index contributed by atoms with van der Waals surface area (Å²) < 4.78 is 33.4. The van der Waals surface area contributed by atoms with Crippen molar-refractivity contribution in [1.29, 1.82) is 0 Å². The molecule has 0 saturated carbocycles. The Kier molecular flexibility index (Phi) is 9.50. The first-order valence-corrected chi connectivity index (χ1v) is 20.7. The fraction of sp³-hybridized carbons (Fsp3) is 0.409. The number of fused-ring (bicyclic) bond motifs is 5. The van der Waals surface area contributed by atoms with Gasteiger partial charge < -0.3 is 9.80 Å². The van der Waals surface area contributed by atoms with Gasteiger partial charge in [-0.2, -0.15) is 4.98 Å². The molecule has 0 bridgehead atoms. The zero-order valence-electron chi connectivity index (χ0n) is 33.0. The fourth-order valence-electron chi connectivity index (χ4n) is 9.51. The molecule has 0 aliphatic carbocycles. The van der Waals surface area contributed by atoms with E-state index in [1.54, 1.807) is 0 Å². The Morgan fingerprint density at radius 2 is 1.60 bits per heavy atom. The number of aromatic nitrogens is 4. The number of amides is 2. The molecule has 2 amide bonds. The van der Waals surface area contributed by atoms with E-state index in [0.29, 0.717) is 49.4 Å². The molecule has 4 aliphatic rings. The fourth-order valence-corrected chi connectivity index (χ4v) is 10.0. The molecule has 0 spiro atoms. The zero-order valence-corrected chi connectivity index (χ0v) is 34.6. The molecule has 5 aromatic rings. The molecule has 9 rings (SSSR count). The predicted octanol–water partition coefficient (Wildman–Crippen LogP) is 6.86. The van der Waals surface area contributed by atoms with Crippen LogP contribution < -0.4 is 20.7 Å². The maximum absolute atomic E-state index is 15.2. The van der Waals surface area contributed by atoms with E-state index in [2.05, 4.69) is 91.4 Å². The van der Waals surface area contributed by atoms with E-state index in [4.69, 9.17) is 9.97 Å². The molecule has 3 saturated heterocycles. The van der Waals surface area contributed by atoms with E-state index in [-0.39, 0.29) is 35.4 Å². The summed E-state index contributed by atoms with van der Waals surface area (Å²) in [5, 5.41) is 2.77. The third-order valence-corrected chi connectivity index (χ3v) is 13.4. The van der Waals surface area contributed by atoms with Crippen LogP contribution in [-0.2, 0) is 21.5 Å². The Morgan fingerprint density at radius 1 is 0.879 bits per heavy atom. The van der Waals surface area contributed by atoms with Gasteiger partial charge in [-0.3, -0.25) is 29.2 Å². The molecule has 300 valence electrons. The molecule has 58 heavy (non-hydrogen) atoms. The lowest BCUT2D eigenvalue weighted by Gasteiger charge is -2.48. The first kappa shape index (κ1) is 38.4. The molecule has 11 nitrogen and oxygen atoms in total. The number of piperidine rings is 2. The molecule has 4 aliphatic heterocycles. The van der Waals surface area contributed by atoms with Crippen molar-refractivity contribution in [2.24, 2.45) is 0 Å². The first-order valence-electron chi connectivity index (χ1n) is 19.9. The van der Waals surface area contributed by atoms with Crippen LogP contribution in [0.2, 0.25) is 0 Å². The molecule has 6 heterocycles. The number of benzene rings is 3. The Hall–Kier alpha value is -5.08. The van der Waals surface area contributed by atoms with Crippen LogP contribution in [0.15, 0.2) is 70.2 Å². The van der Waals surface area contributed by atoms with Crippen LogP contribution >= 0.6 is 15.9 Å². The summed E-state index contributed by atoms with van der Waals surface area (Å²) >= 11 is 3.58. The van der Waals surface area contributed by atoms with Crippen LogP contribution in [0.5, 0.6) is 0 Å². The summed E-state index contributed by atoms with van der Waals surface area (Å²) in [6.07, 6.45) is 5.31. The monoisotopic (exact) mass is 850 g/mol. The van der Waals surface area contributed by atoms with Gasteiger partial charge in [0.25, 0.3) is 5.56 Å². The number of carbonyl (C=O) groups is 2. The van der Waals surface area contributed by atoms with Crippen molar-refractivity contribution in [3.05, 3.63) is 115 Å². The van der Waals surface area contributed by atoms with Crippen molar-refractivity contribution < 1.29 is 18.4 Å². The van der Waals surface area contributed by atoms with E-state index in [0.717, 1.165) is 57.9 Å². The highest BCUT2D eigenvalue weighted by Crippen LogP contribution is 2.45. The standard InChI is InChI=1S/C44H45BrF2N8O3/c1-43(2)24-53(28-8-10-30-35(20-28)55-34-7-5-6-31(45)38(34)40(58)51-41(55)44(30,3)4)16-17-54(43)23-25-21-48-42(49-22-25)52-14-12-26(13-15-52)27-18-32(46)37(33(47)19-27)29-9-11-36(56)50-39(29)57/h5-8,10,18-22,26,29H,9,11-17,23-24H2,1-4H3,(H,50,56,57). The van der Waals surface area contributed by atoms with Crippen molar-refractivity contribution in [1.82, 2.24) is 29.7 Å². The van der Waals surface area contributed by atoms with E-state index in [1.165, 1.54) is 12.1 Å². The minimum atomic E-state index is -1.01. The molecular formula is C44H45BrF2N8O3. The Morgan fingerprint density at radius 3 is 2.29 bits per heavy atom. The maximum atomic E-state index is 15.2. The Bertz CT molecular complexity index is 2530. The van der Waals surface area contributed by atoms with Gasteiger partial charge in [0.2, 0.25) is 17.8 Å². The van der Waals surface area contributed by atoms with Crippen LogP contribution in [0.4, 0.5) is 20.4 Å². The van der Waals surface area contributed by atoms with Crippen LogP contribution in [0, 0.1) is 11.6 Å². The second kappa shape index (κ2) is 14.3. The molecule has 2 aromatic heterocycles. The maximum Gasteiger partial charge on any atom is 0.281 e. The van der Waals surface area contributed by atoms with Crippen LogP contribution in [-0.4, -0.2) is 74.5 Å². The number of piperazine rings is 1. The summed E-state index contributed by atoms with van der Waals surface area (Å²) in [6.45, 7) is 13.3. The third kappa shape index (κ3) is 6.58. The molecule has 1 unspecified atom stereocenters. The van der Waals surface area contributed by atoms with E-state index < -0.39 is 34.8 Å². The highest BCUT2D eigenvalue weighted by molar-refractivity contribution is 9.10. The van der Waals surface area contributed by atoms with Crippen LogP contribution in [0.25, 0.3) is 16.6 Å². The van der Waals surface area contributed by atoms with Crippen LogP contribution in [0.3, 0.4) is 0 Å². The lowest BCUT2D eigenvalue weighted by molar-refractivity contribution is -0.134. The van der Waals surface area contributed by atoms with Gasteiger partial charge in [0.1, 0.15) is 17.5 Å². The van der Waals surface area contributed by atoms with E-state index in [9.17, 15) is 14.4 Å². The highest BCUT2D eigenvalue weighted by Gasteiger charge is 2.40. The number of carbonyl (C=O) groups excluding carboxylic acids is 2. The van der Waals surface area contributed by atoms with Gasteiger partial charge in [-0.1, -0.05) is 12.1 Å². The van der Waals surface area contributed by atoms with Crippen molar-refractivity contribution in [3.8, 4) is 5.69 Å². The van der Waals surface area contributed by atoms with Gasteiger partial charge in [-0.15, -0.1) is 0 Å². The third-order valence-electron chi connectivity index (χ3n) is 12.8. The summed E-state index contributed by atoms with van der Waals surface area (Å²) in [7, 11) is 0. The number of nitrogens with one attached hydrogen (secondary N) is 1. The lowest BCUT2D eigenvalue weighted by atomic mass is 9.85. The summed E-state index contributed by atoms with van der Waals surface area (Å²) in [5.74, 6) is -2.22. The number of rotatable bonds is 6. The Balaban J connectivity index is 0.842. The number of imide groups is 1. The van der Waals surface area contributed by atoms with Crippen molar-refractivity contribution >= 4 is 50.3 Å². The minimum Gasteiger partial charge on any atom is -0.368 e. The van der Waals surface area contributed by atoms with Crippen molar-refractivity contribution in [3.63, 3.8) is 0 Å². The topological polar surface area (TPSA) is 117 Å². The second-order valence-corrected chi connectivity index (χ2v) is 18.1. The van der Waals surface area contributed by atoms with Gasteiger partial charge in [0.15, 0.2) is 0 Å². The van der Waals surface area contributed by atoms with Gasteiger partial charge in [-0.25, -0.2) is 18.7 Å². The van der Waals surface area contributed by atoms with E-state index >= 15 is 8.78 Å². The highest BCUT2D eigenvalue weighted by atomic mass is 79.9. The minimum absolute atomic E-state index is 0.0409. The molecular weight excluding hydrogens is 806 g/mol. The predicted molar refractivity (Wildman–Crippen MR) is 222 cm³/mol. The van der Waals surface area contributed by atoms with Crippen molar-refractivity contribution in [2.45, 2.75) is 82.7 Å². The summed E-state index contributed by atoms with van der Waals surface area (Å²) in [6, 6.07) is 15.2. The smallest absolute Gasteiger partial charge is 0.281 e. The zero-order chi connectivity index (χ0) is 40.7. The van der Waals surface area contributed by atoms with E-state index in [1.807, 2.05) is 30.6 Å². The number of nitrogens with zero attached hydrogens (tertiary/aromatic N) is 7. The summed E-state index contributed by atoms with van der Waals surface area (Å²) in [4.78, 5) is 58.1. The van der Waals surface area contributed by atoms with Crippen molar-refractivity contribution in [2.75, 3.05) is 42.5 Å². The van der Waals surface area contributed by atoms with Gasteiger partial charge >= 0.3 is 0 Å². The lowest BCUT2D eigenvalue weighted by Crippen LogP contribution is -2.59. The molecule has 3 aromatic carbocycles. The average Bonchev–Trinajstić information content (AvgIpc) is 3.41. The molecule has 0 radical (unpaired) electrons. The Labute approximate surface area is 343 Å². The van der Waals surface area contributed by atoms with Gasteiger partial charge in [0, 0.05) is 84.9 Å². The normalized spacial score (nSPS) is 20.6. The average molecular weight is 852 g/mol. The number of hydrogen-bond donors (Lipinski definition) is 1. The number of halogens is 3.